The molecule has 13 nitrogen and oxygen atoms in total. The van der Waals surface area contributed by atoms with Crippen LogP contribution < -0.4 is 5.73 Å². The first-order chi connectivity index (χ1) is 12.1. The zero-order valence-corrected chi connectivity index (χ0v) is 13.8. The van der Waals surface area contributed by atoms with Gasteiger partial charge >= 0.3 is 11.4 Å². The molecular weight excluding hydrogens is 352 g/mol. The van der Waals surface area contributed by atoms with E-state index in [1.165, 1.54) is 0 Å². The molecule has 0 aliphatic carbocycles. The third kappa shape index (κ3) is 4.70. The molecular formula is C13H16N6O7. The minimum Gasteiger partial charge on any atom is -0.497 e. The van der Waals surface area contributed by atoms with Crippen molar-refractivity contribution < 1.29 is 19.9 Å². The van der Waals surface area contributed by atoms with Gasteiger partial charge in [0.05, 0.1) is 33.1 Å². The molecule has 3 N–H and O–H groups in total. The fraction of sp³-hybridized carbons (Fsp3) is 0.308. The van der Waals surface area contributed by atoms with Crippen molar-refractivity contribution in [2.45, 2.75) is 26.4 Å². The van der Waals surface area contributed by atoms with Crippen molar-refractivity contribution in [3.8, 4) is 5.75 Å². The van der Waals surface area contributed by atoms with Crippen LogP contribution in [0.1, 0.15) is 25.8 Å². The van der Waals surface area contributed by atoms with Crippen LogP contribution in [0.5, 0.6) is 5.75 Å². The Morgan fingerprint density at radius 2 is 1.65 bits per heavy atom. The predicted molar refractivity (Wildman–Crippen MR) is 88.6 cm³/mol. The number of nitro groups is 3. The highest BCUT2D eigenvalue weighted by Crippen LogP contribution is 2.38. The van der Waals surface area contributed by atoms with Gasteiger partial charge in [0.15, 0.2) is 0 Å². The Balaban J connectivity index is 0.000000289. The number of aromatic nitrogens is 2. The van der Waals surface area contributed by atoms with Crippen LogP contribution in [0.2, 0.25) is 0 Å². The molecule has 0 aliphatic rings. The Kier molecular flexibility index (Phi) is 6.66. The largest absolute Gasteiger partial charge is 0.497 e. The Hall–Kier alpha value is -3.61. The van der Waals surface area contributed by atoms with Gasteiger partial charge in [0.2, 0.25) is 0 Å². The van der Waals surface area contributed by atoms with E-state index in [4.69, 9.17) is 10.8 Å². The first-order valence-electron chi connectivity index (χ1n) is 7.17. The number of benzene rings is 1. The van der Waals surface area contributed by atoms with Gasteiger partial charge in [-0.05, 0) is 6.92 Å². The second kappa shape index (κ2) is 8.48. The molecule has 0 aliphatic heterocycles. The minimum atomic E-state index is -1.21. The number of imidazole rings is 1. The van der Waals surface area contributed by atoms with E-state index in [-0.39, 0.29) is 6.17 Å². The van der Waals surface area contributed by atoms with Crippen LogP contribution in [0.3, 0.4) is 0 Å². The molecule has 0 fully saturated rings. The highest BCUT2D eigenvalue weighted by molar-refractivity contribution is 5.64. The average molecular weight is 368 g/mol. The molecule has 0 saturated carbocycles. The number of nitrogens with zero attached hydrogens (tertiary/aromatic N) is 5. The van der Waals surface area contributed by atoms with Gasteiger partial charge in [0, 0.05) is 18.8 Å². The lowest BCUT2D eigenvalue weighted by Crippen LogP contribution is -2.16. The number of nitro benzene ring substituents is 3. The van der Waals surface area contributed by atoms with Gasteiger partial charge in [-0.3, -0.25) is 30.3 Å². The van der Waals surface area contributed by atoms with Crippen LogP contribution >= 0.6 is 0 Å². The van der Waals surface area contributed by atoms with E-state index < -0.39 is 37.6 Å². The summed E-state index contributed by atoms with van der Waals surface area (Å²) in [5, 5.41) is 40.2. The zero-order chi connectivity index (χ0) is 20.0. The Morgan fingerprint density at radius 1 is 1.15 bits per heavy atom. The van der Waals surface area contributed by atoms with Crippen molar-refractivity contribution in [1.29, 1.82) is 0 Å². The maximum Gasteiger partial charge on any atom is 0.324 e. The number of non-ortho nitro benzene ring substituents is 1. The number of aromatic hydroxyl groups is 1. The van der Waals surface area contributed by atoms with E-state index in [0.717, 1.165) is 12.2 Å². The monoisotopic (exact) mass is 368 g/mol. The van der Waals surface area contributed by atoms with Gasteiger partial charge in [0.1, 0.15) is 5.82 Å². The van der Waals surface area contributed by atoms with E-state index >= 15 is 0 Å². The summed E-state index contributed by atoms with van der Waals surface area (Å²) >= 11 is 0. The van der Waals surface area contributed by atoms with Gasteiger partial charge in [-0.1, -0.05) is 6.92 Å². The molecule has 1 atom stereocenters. The quantitative estimate of drug-likeness (QED) is 0.586. The Labute approximate surface area is 146 Å². The number of rotatable bonds is 5. The minimum absolute atomic E-state index is 0.0393. The highest BCUT2D eigenvalue weighted by atomic mass is 16.6. The summed E-state index contributed by atoms with van der Waals surface area (Å²) in [6.07, 6.45) is 4.66. The number of phenolic OH excluding ortho intramolecular Hbond substituents is 1. The molecule has 0 amide bonds. The van der Waals surface area contributed by atoms with E-state index in [1.807, 2.05) is 17.7 Å². The summed E-state index contributed by atoms with van der Waals surface area (Å²) in [6, 6.07) is 0.894. The van der Waals surface area contributed by atoms with Crippen LogP contribution in [-0.4, -0.2) is 29.4 Å². The summed E-state index contributed by atoms with van der Waals surface area (Å²) in [5.41, 5.74) is 2.66. The van der Waals surface area contributed by atoms with Gasteiger partial charge in [-0.15, -0.1) is 0 Å². The molecule has 26 heavy (non-hydrogen) atoms. The lowest BCUT2D eigenvalue weighted by molar-refractivity contribution is -0.404. The fourth-order valence-corrected chi connectivity index (χ4v) is 1.96. The van der Waals surface area contributed by atoms with Crippen LogP contribution in [0.4, 0.5) is 17.1 Å². The second-order valence-electron chi connectivity index (χ2n) is 4.95. The van der Waals surface area contributed by atoms with Crippen molar-refractivity contribution in [1.82, 2.24) is 9.55 Å². The fourth-order valence-electron chi connectivity index (χ4n) is 1.96. The second-order valence-corrected chi connectivity index (χ2v) is 4.95. The van der Waals surface area contributed by atoms with Crippen LogP contribution in [0.25, 0.3) is 0 Å². The topological polar surface area (TPSA) is 193 Å². The number of aryl methyl sites for hydroxylation is 1. The molecule has 0 spiro atoms. The molecule has 0 saturated heterocycles. The van der Waals surface area contributed by atoms with Crippen molar-refractivity contribution >= 4 is 17.1 Å². The van der Waals surface area contributed by atoms with Crippen LogP contribution in [-0.2, 0) is 6.42 Å². The molecule has 1 aromatic carbocycles. The predicted octanol–water partition coefficient (Wildman–Crippen LogP) is 2.04. The standard InChI is InChI=1S/C7H13N3.C6H3N3O7/c1-3-7-9-4-5-10(7)6(2)8;10-6-4(8(13)14)1-3(7(11)12)2-5(6)9(15)16/h4-6H,3,8H2,1-2H3;1-2,10H. The van der Waals surface area contributed by atoms with Crippen molar-refractivity contribution in [3.05, 3.63) is 60.7 Å². The third-order valence-corrected chi connectivity index (χ3v) is 3.16. The zero-order valence-electron chi connectivity index (χ0n) is 13.8. The Morgan fingerprint density at radius 3 is 1.96 bits per heavy atom. The van der Waals surface area contributed by atoms with Gasteiger partial charge < -0.3 is 15.4 Å². The molecule has 0 bridgehead atoms. The summed E-state index contributed by atoms with van der Waals surface area (Å²) < 4.78 is 1.97. The SMILES string of the molecule is CCc1nccn1C(C)N.O=[N+]([O-])c1cc([N+](=O)[O-])c(O)c([N+](=O)[O-])c1. The number of phenols is 1. The van der Waals surface area contributed by atoms with Crippen molar-refractivity contribution in [2.75, 3.05) is 0 Å². The number of nitrogens with two attached hydrogens (primary N) is 1. The molecule has 1 heterocycles. The maximum absolute atomic E-state index is 10.4. The van der Waals surface area contributed by atoms with Crippen molar-refractivity contribution in [3.63, 3.8) is 0 Å². The molecule has 2 rings (SSSR count). The summed E-state index contributed by atoms with van der Waals surface area (Å²) in [6.45, 7) is 4.02. The summed E-state index contributed by atoms with van der Waals surface area (Å²) in [7, 11) is 0. The lowest BCUT2D eigenvalue weighted by atomic mass is 10.2. The van der Waals surface area contributed by atoms with Crippen molar-refractivity contribution in [2.24, 2.45) is 5.73 Å². The maximum atomic E-state index is 10.4. The molecule has 2 aromatic rings. The third-order valence-electron chi connectivity index (χ3n) is 3.16. The van der Waals surface area contributed by atoms with Crippen LogP contribution in [0, 0.1) is 30.3 Å². The smallest absolute Gasteiger partial charge is 0.324 e. The van der Waals surface area contributed by atoms with Gasteiger partial charge in [-0.25, -0.2) is 4.98 Å². The normalized spacial score (nSPS) is 11.2. The van der Waals surface area contributed by atoms with Gasteiger partial charge in [0.25, 0.3) is 11.4 Å². The highest BCUT2D eigenvalue weighted by Gasteiger charge is 2.30. The summed E-state index contributed by atoms with van der Waals surface area (Å²) in [5.74, 6) is -0.157. The molecule has 0 radical (unpaired) electrons. The molecule has 140 valence electrons. The van der Waals surface area contributed by atoms with E-state index in [9.17, 15) is 30.3 Å². The number of hydrogen-bond donors (Lipinski definition) is 2. The first-order valence-corrected chi connectivity index (χ1v) is 7.17. The van der Waals surface area contributed by atoms with E-state index in [0.29, 0.717) is 12.1 Å². The Bertz CT molecular complexity index is 797. The molecule has 1 aromatic heterocycles. The van der Waals surface area contributed by atoms with Gasteiger partial charge in [-0.2, -0.15) is 0 Å². The lowest BCUT2D eigenvalue weighted by Gasteiger charge is -2.09. The number of hydrogen-bond acceptors (Lipinski definition) is 9. The average Bonchev–Trinajstić information content (AvgIpc) is 3.03. The van der Waals surface area contributed by atoms with E-state index in [2.05, 4.69) is 11.9 Å². The van der Waals surface area contributed by atoms with E-state index in [1.54, 1.807) is 6.20 Å². The first kappa shape index (κ1) is 20.4. The van der Waals surface area contributed by atoms with Crippen LogP contribution in [0.15, 0.2) is 24.5 Å². The summed E-state index contributed by atoms with van der Waals surface area (Å²) in [4.78, 5) is 31.9. The molecule has 1 unspecified atom stereocenters. The molecule has 13 heteroatoms.